The molecule has 2 amide bonds. The van der Waals surface area contributed by atoms with Crippen molar-refractivity contribution in [1.29, 1.82) is 0 Å². The Kier molecular flexibility index (Phi) is 4.45. The average molecular weight is 343 g/mol. The molecule has 0 bridgehead atoms. The third-order valence-electron chi connectivity index (χ3n) is 4.31. The number of hydrogen-bond acceptors (Lipinski definition) is 3. The Balaban J connectivity index is 1.65. The lowest BCUT2D eigenvalue weighted by molar-refractivity contribution is 0.0140. The number of H-pyrrole nitrogens is 1. The van der Waals surface area contributed by atoms with E-state index in [2.05, 4.69) is 4.98 Å². The van der Waals surface area contributed by atoms with Gasteiger partial charge in [0.15, 0.2) is 0 Å². The Bertz CT molecular complexity index is 796. The van der Waals surface area contributed by atoms with E-state index in [9.17, 15) is 9.59 Å². The van der Waals surface area contributed by atoms with Gasteiger partial charge in [-0.15, -0.1) is 0 Å². The van der Waals surface area contributed by atoms with Gasteiger partial charge in [0, 0.05) is 37.1 Å². The summed E-state index contributed by atoms with van der Waals surface area (Å²) in [4.78, 5) is 31.5. The van der Waals surface area contributed by atoms with E-state index in [1.165, 1.54) is 0 Å². The zero-order valence-electron chi connectivity index (χ0n) is 15.3. The molecule has 6 heteroatoms. The normalized spacial score (nSPS) is 15.5. The van der Waals surface area contributed by atoms with Crippen LogP contribution in [-0.2, 0) is 4.74 Å². The molecule has 2 heterocycles. The van der Waals surface area contributed by atoms with E-state index >= 15 is 0 Å². The number of benzene rings is 1. The fourth-order valence-electron chi connectivity index (χ4n) is 3.01. The summed E-state index contributed by atoms with van der Waals surface area (Å²) >= 11 is 0. The maximum Gasteiger partial charge on any atom is 0.410 e. The molecule has 6 nitrogen and oxygen atoms in total. The smallest absolute Gasteiger partial charge is 0.410 e. The number of fused-ring (bicyclic) bond motifs is 1. The summed E-state index contributed by atoms with van der Waals surface area (Å²) in [6.07, 6.45) is -0.319. The van der Waals surface area contributed by atoms with Gasteiger partial charge in [0.25, 0.3) is 5.91 Å². The van der Waals surface area contributed by atoms with Gasteiger partial charge in [-0.05, 0) is 39.3 Å². The number of nitrogens with one attached hydrogen (secondary N) is 1. The van der Waals surface area contributed by atoms with Crippen LogP contribution in [0.25, 0.3) is 10.9 Å². The van der Waals surface area contributed by atoms with Crippen molar-refractivity contribution in [2.45, 2.75) is 33.3 Å². The number of piperazine rings is 1. The van der Waals surface area contributed by atoms with E-state index in [0.717, 1.165) is 16.5 Å². The molecule has 0 aliphatic carbocycles. The van der Waals surface area contributed by atoms with Crippen molar-refractivity contribution in [3.05, 3.63) is 35.5 Å². The number of amides is 2. The van der Waals surface area contributed by atoms with Gasteiger partial charge in [0.05, 0.1) is 0 Å². The molecule has 0 saturated carbocycles. The summed E-state index contributed by atoms with van der Waals surface area (Å²) in [5, 5.41) is 1.04. The van der Waals surface area contributed by atoms with Crippen LogP contribution in [0.1, 0.15) is 36.8 Å². The predicted octanol–water partition coefficient (Wildman–Crippen LogP) is 3.17. The molecule has 1 fully saturated rings. The van der Waals surface area contributed by atoms with Crippen LogP contribution in [0.5, 0.6) is 0 Å². The molecular formula is C19H25N3O3. The van der Waals surface area contributed by atoms with Crippen LogP contribution in [0.15, 0.2) is 24.3 Å². The van der Waals surface area contributed by atoms with Crippen LogP contribution in [0, 0.1) is 6.92 Å². The maximum absolute atomic E-state index is 12.7. The number of carbonyl (C=O) groups excluding carboxylic acids is 2. The van der Waals surface area contributed by atoms with Gasteiger partial charge >= 0.3 is 6.09 Å². The Morgan fingerprint density at radius 2 is 1.72 bits per heavy atom. The topological polar surface area (TPSA) is 65.6 Å². The second-order valence-corrected chi connectivity index (χ2v) is 7.48. The first-order valence-electron chi connectivity index (χ1n) is 8.60. The van der Waals surface area contributed by atoms with Crippen LogP contribution >= 0.6 is 0 Å². The number of hydrogen-bond donors (Lipinski definition) is 1. The molecule has 1 aliphatic heterocycles. The third kappa shape index (κ3) is 3.78. The van der Waals surface area contributed by atoms with Gasteiger partial charge in [0.2, 0.25) is 0 Å². The highest BCUT2D eigenvalue weighted by atomic mass is 16.6. The first kappa shape index (κ1) is 17.3. The van der Waals surface area contributed by atoms with Crippen molar-refractivity contribution in [3.63, 3.8) is 0 Å². The minimum atomic E-state index is -0.508. The Labute approximate surface area is 147 Å². The number of aromatic nitrogens is 1. The van der Waals surface area contributed by atoms with Crippen molar-refractivity contribution in [2.75, 3.05) is 26.2 Å². The van der Waals surface area contributed by atoms with Crippen LogP contribution in [0.2, 0.25) is 0 Å². The minimum absolute atomic E-state index is 0.0283. The van der Waals surface area contributed by atoms with E-state index in [4.69, 9.17) is 4.74 Å². The standard InChI is InChI=1S/C19H25N3O3/c1-13-6-5-7-14-12-15(20-16(13)14)17(23)21-8-10-22(11-9-21)18(24)25-19(2,3)4/h5-7,12,20H,8-11H2,1-4H3. The van der Waals surface area contributed by atoms with Crippen LogP contribution in [0.4, 0.5) is 4.79 Å². The molecule has 25 heavy (non-hydrogen) atoms. The van der Waals surface area contributed by atoms with E-state index in [0.29, 0.717) is 31.9 Å². The molecule has 1 aliphatic rings. The lowest BCUT2D eigenvalue weighted by Gasteiger charge is -2.35. The van der Waals surface area contributed by atoms with E-state index in [1.54, 1.807) is 9.80 Å². The fourth-order valence-corrected chi connectivity index (χ4v) is 3.01. The van der Waals surface area contributed by atoms with Crippen molar-refractivity contribution < 1.29 is 14.3 Å². The van der Waals surface area contributed by atoms with Crippen LogP contribution < -0.4 is 0 Å². The Hall–Kier alpha value is -2.50. The van der Waals surface area contributed by atoms with Gasteiger partial charge in [-0.1, -0.05) is 18.2 Å². The highest BCUT2D eigenvalue weighted by Crippen LogP contribution is 2.20. The van der Waals surface area contributed by atoms with Gasteiger partial charge in [-0.3, -0.25) is 4.79 Å². The van der Waals surface area contributed by atoms with Gasteiger partial charge in [-0.2, -0.15) is 0 Å². The largest absolute Gasteiger partial charge is 0.444 e. The molecule has 1 aromatic heterocycles. The molecule has 1 N–H and O–H groups in total. The lowest BCUT2D eigenvalue weighted by atomic mass is 10.2. The number of aromatic amines is 1. The quantitative estimate of drug-likeness (QED) is 0.865. The van der Waals surface area contributed by atoms with Gasteiger partial charge in [-0.25, -0.2) is 4.79 Å². The summed E-state index contributed by atoms with van der Waals surface area (Å²) in [7, 11) is 0. The zero-order chi connectivity index (χ0) is 18.2. The molecule has 0 unspecified atom stereocenters. The summed E-state index contributed by atoms with van der Waals surface area (Å²) < 4.78 is 5.39. The van der Waals surface area contributed by atoms with Crippen molar-refractivity contribution in [1.82, 2.24) is 14.8 Å². The number of aryl methyl sites for hydroxylation is 1. The molecule has 0 radical (unpaired) electrons. The Morgan fingerprint density at radius 1 is 1.08 bits per heavy atom. The SMILES string of the molecule is Cc1cccc2cc(C(=O)N3CCN(C(=O)OC(C)(C)C)CC3)[nH]c12. The number of carbonyl (C=O) groups is 2. The first-order chi connectivity index (χ1) is 11.7. The van der Waals surface area contributed by atoms with Crippen molar-refractivity contribution >= 4 is 22.9 Å². The molecule has 0 spiro atoms. The van der Waals surface area contributed by atoms with Crippen molar-refractivity contribution in [3.8, 4) is 0 Å². The Morgan fingerprint density at radius 3 is 2.32 bits per heavy atom. The fraction of sp³-hybridized carbons (Fsp3) is 0.474. The molecule has 1 saturated heterocycles. The molecule has 2 aromatic rings. The summed E-state index contributed by atoms with van der Waals surface area (Å²) in [5.74, 6) is -0.0283. The molecule has 134 valence electrons. The lowest BCUT2D eigenvalue weighted by Crippen LogP contribution is -2.51. The van der Waals surface area contributed by atoms with Crippen molar-refractivity contribution in [2.24, 2.45) is 0 Å². The van der Waals surface area contributed by atoms with E-state index in [-0.39, 0.29) is 12.0 Å². The number of nitrogens with zero attached hydrogens (tertiary/aromatic N) is 2. The average Bonchev–Trinajstić information content (AvgIpc) is 2.98. The highest BCUT2D eigenvalue weighted by Gasteiger charge is 2.28. The highest BCUT2D eigenvalue weighted by molar-refractivity contribution is 5.98. The minimum Gasteiger partial charge on any atom is -0.444 e. The third-order valence-corrected chi connectivity index (χ3v) is 4.31. The number of rotatable bonds is 1. The van der Waals surface area contributed by atoms with Crippen LogP contribution in [0.3, 0.4) is 0 Å². The van der Waals surface area contributed by atoms with E-state index < -0.39 is 5.60 Å². The molecular weight excluding hydrogens is 318 g/mol. The number of para-hydroxylation sites is 1. The van der Waals surface area contributed by atoms with Crippen LogP contribution in [-0.4, -0.2) is 58.6 Å². The summed E-state index contributed by atoms with van der Waals surface area (Å²) in [6.45, 7) is 9.55. The second kappa shape index (κ2) is 6.43. The predicted molar refractivity (Wildman–Crippen MR) is 96.7 cm³/mol. The summed E-state index contributed by atoms with van der Waals surface area (Å²) in [5.41, 5.74) is 2.20. The monoisotopic (exact) mass is 343 g/mol. The maximum atomic E-state index is 12.7. The first-order valence-corrected chi connectivity index (χ1v) is 8.60. The molecule has 0 atom stereocenters. The zero-order valence-corrected chi connectivity index (χ0v) is 15.3. The van der Waals surface area contributed by atoms with Gasteiger partial charge < -0.3 is 19.5 Å². The second-order valence-electron chi connectivity index (χ2n) is 7.48. The molecule has 3 rings (SSSR count). The number of ether oxygens (including phenoxy) is 1. The summed E-state index contributed by atoms with van der Waals surface area (Å²) in [6, 6.07) is 7.90. The van der Waals surface area contributed by atoms with E-state index in [1.807, 2.05) is 52.0 Å². The van der Waals surface area contributed by atoms with Gasteiger partial charge in [0.1, 0.15) is 11.3 Å². The molecule has 1 aromatic carbocycles.